The molecule has 1 amide bonds. The van der Waals surface area contributed by atoms with Crippen LogP contribution in [0.5, 0.6) is 0 Å². The van der Waals surface area contributed by atoms with Gasteiger partial charge in [0.1, 0.15) is 0 Å². The van der Waals surface area contributed by atoms with E-state index < -0.39 is 0 Å². The monoisotopic (exact) mass is 262 g/mol. The number of carbonyl (C=O) groups is 1. The predicted octanol–water partition coefficient (Wildman–Crippen LogP) is 1.82. The maximum absolute atomic E-state index is 11.8. The van der Waals surface area contributed by atoms with Gasteiger partial charge in [-0.25, -0.2) is 0 Å². The molecule has 0 radical (unpaired) electrons. The average molecular weight is 262 g/mol. The minimum absolute atomic E-state index is 0.0248. The minimum Gasteiger partial charge on any atom is -0.390 e. The molecule has 0 bridgehead atoms. The van der Waals surface area contributed by atoms with Crippen LogP contribution in [0.4, 0.5) is 5.69 Å². The number of rotatable bonds is 5. The van der Waals surface area contributed by atoms with Crippen molar-refractivity contribution in [3.05, 3.63) is 29.8 Å². The molecule has 1 saturated heterocycles. The first kappa shape index (κ1) is 14.0. The molecule has 4 nitrogen and oxygen atoms in total. The number of likely N-dealkylation sites (tertiary alicyclic amines) is 1. The highest BCUT2D eigenvalue weighted by atomic mass is 16.3. The second-order valence-corrected chi connectivity index (χ2v) is 5.33. The molecule has 4 heteroatoms. The van der Waals surface area contributed by atoms with Gasteiger partial charge in [0.2, 0.25) is 5.91 Å². The summed E-state index contributed by atoms with van der Waals surface area (Å²) in [7, 11) is 0. The second kappa shape index (κ2) is 6.17. The van der Waals surface area contributed by atoms with Crippen molar-refractivity contribution in [1.29, 1.82) is 0 Å². The first-order chi connectivity index (χ1) is 9.08. The summed E-state index contributed by atoms with van der Waals surface area (Å²) in [5, 5.41) is 12.0. The zero-order valence-electron chi connectivity index (χ0n) is 11.6. The van der Waals surface area contributed by atoms with Crippen molar-refractivity contribution in [2.24, 2.45) is 0 Å². The summed E-state index contributed by atoms with van der Waals surface area (Å²) in [6, 6.07) is 8.03. The highest BCUT2D eigenvalue weighted by Crippen LogP contribution is 2.20. The number of nitrogens with one attached hydrogen (secondary N) is 1. The van der Waals surface area contributed by atoms with E-state index in [1.165, 1.54) is 5.56 Å². The van der Waals surface area contributed by atoms with Crippen LogP contribution in [0.2, 0.25) is 0 Å². The summed E-state index contributed by atoms with van der Waals surface area (Å²) in [6.07, 6.45) is 0.853. The molecule has 1 atom stereocenters. The third-order valence-electron chi connectivity index (χ3n) is 3.68. The smallest absolute Gasteiger partial charge is 0.238 e. The minimum atomic E-state index is -0.261. The summed E-state index contributed by atoms with van der Waals surface area (Å²) in [5.74, 6) is 0.524. The number of aliphatic hydroxyl groups is 1. The van der Waals surface area contributed by atoms with Crippen molar-refractivity contribution < 1.29 is 9.90 Å². The molecule has 1 aliphatic rings. The average Bonchev–Trinajstić information content (AvgIpc) is 2.37. The fraction of sp³-hybridized carbons (Fsp3) is 0.533. The fourth-order valence-electron chi connectivity index (χ4n) is 2.21. The number of benzene rings is 1. The number of anilines is 1. The zero-order chi connectivity index (χ0) is 13.8. The van der Waals surface area contributed by atoms with Crippen LogP contribution in [0, 0.1) is 0 Å². The molecule has 0 aromatic heterocycles. The Morgan fingerprint density at radius 3 is 2.58 bits per heavy atom. The van der Waals surface area contributed by atoms with Crippen LogP contribution < -0.4 is 5.32 Å². The summed E-state index contributed by atoms with van der Waals surface area (Å²) in [4.78, 5) is 13.7. The van der Waals surface area contributed by atoms with E-state index in [1.807, 2.05) is 17.0 Å². The lowest BCUT2D eigenvalue weighted by atomic mass is 9.99. The largest absolute Gasteiger partial charge is 0.390 e. The van der Waals surface area contributed by atoms with Crippen LogP contribution in [-0.2, 0) is 4.79 Å². The Bertz CT molecular complexity index is 424. The maximum Gasteiger partial charge on any atom is 0.238 e. The normalized spacial score (nSPS) is 17.8. The van der Waals surface area contributed by atoms with Gasteiger partial charge in [-0.3, -0.25) is 9.69 Å². The topological polar surface area (TPSA) is 52.6 Å². The van der Waals surface area contributed by atoms with Crippen molar-refractivity contribution in [1.82, 2.24) is 4.90 Å². The van der Waals surface area contributed by atoms with Gasteiger partial charge in [0.05, 0.1) is 12.6 Å². The highest BCUT2D eigenvalue weighted by Gasteiger charge is 2.25. The Kier molecular flexibility index (Phi) is 4.56. The molecule has 2 N–H and O–H groups in total. The van der Waals surface area contributed by atoms with Crippen LogP contribution in [-0.4, -0.2) is 41.7 Å². The van der Waals surface area contributed by atoms with Gasteiger partial charge in [0.15, 0.2) is 0 Å². The molecular formula is C15H22N2O2. The number of hydrogen-bond acceptors (Lipinski definition) is 3. The second-order valence-electron chi connectivity index (χ2n) is 5.33. The van der Waals surface area contributed by atoms with Crippen molar-refractivity contribution >= 4 is 11.6 Å². The van der Waals surface area contributed by atoms with Crippen LogP contribution in [0.15, 0.2) is 24.3 Å². The van der Waals surface area contributed by atoms with E-state index in [4.69, 9.17) is 5.11 Å². The predicted molar refractivity (Wildman–Crippen MR) is 76.2 cm³/mol. The van der Waals surface area contributed by atoms with Gasteiger partial charge >= 0.3 is 0 Å². The molecule has 2 rings (SSSR count). The molecule has 104 valence electrons. The van der Waals surface area contributed by atoms with Crippen LogP contribution in [0.3, 0.4) is 0 Å². The first-order valence-electron chi connectivity index (χ1n) is 6.88. The molecule has 0 unspecified atom stereocenters. The maximum atomic E-state index is 11.8. The van der Waals surface area contributed by atoms with E-state index in [2.05, 4.69) is 31.3 Å². The molecule has 19 heavy (non-hydrogen) atoms. The third-order valence-corrected chi connectivity index (χ3v) is 3.68. The number of amides is 1. The SMILES string of the molecule is CC[C@H](C)c1ccc(NC(=O)CN2CC(O)C2)cc1. The van der Waals surface area contributed by atoms with Gasteiger partial charge < -0.3 is 10.4 Å². The third kappa shape index (κ3) is 3.78. The molecule has 1 aromatic rings. The fourth-order valence-corrected chi connectivity index (χ4v) is 2.21. The Hall–Kier alpha value is -1.39. The molecule has 1 aromatic carbocycles. The molecular weight excluding hydrogens is 240 g/mol. The summed E-state index contributed by atoms with van der Waals surface area (Å²) >= 11 is 0. The molecule has 0 saturated carbocycles. The lowest BCUT2D eigenvalue weighted by Gasteiger charge is -2.35. The van der Waals surface area contributed by atoms with E-state index in [1.54, 1.807) is 0 Å². The van der Waals surface area contributed by atoms with Crippen LogP contribution in [0.1, 0.15) is 31.7 Å². The van der Waals surface area contributed by atoms with E-state index in [-0.39, 0.29) is 12.0 Å². The standard InChI is InChI=1S/C15H22N2O2/c1-3-11(2)12-4-6-13(7-5-12)16-15(19)10-17-8-14(18)9-17/h4-7,11,14,18H,3,8-10H2,1-2H3,(H,16,19)/t11-/m0/s1. The van der Waals surface area contributed by atoms with Gasteiger partial charge in [-0.05, 0) is 30.0 Å². The number of carbonyl (C=O) groups excluding carboxylic acids is 1. The van der Waals surface area contributed by atoms with E-state index in [0.29, 0.717) is 25.6 Å². The molecule has 1 fully saturated rings. The summed E-state index contributed by atoms with van der Waals surface area (Å²) in [5.41, 5.74) is 2.13. The van der Waals surface area contributed by atoms with Gasteiger partial charge in [-0.15, -0.1) is 0 Å². The molecule has 1 aliphatic heterocycles. The summed E-state index contributed by atoms with van der Waals surface area (Å²) in [6.45, 7) is 5.91. The Morgan fingerprint density at radius 1 is 1.42 bits per heavy atom. The van der Waals surface area contributed by atoms with Gasteiger partial charge in [0.25, 0.3) is 0 Å². The molecule has 0 spiro atoms. The van der Waals surface area contributed by atoms with E-state index >= 15 is 0 Å². The Morgan fingerprint density at radius 2 is 2.05 bits per heavy atom. The zero-order valence-corrected chi connectivity index (χ0v) is 11.6. The van der Waals surface area contributed by atoms with E-state index in [9.17, 15) is 4.79 Å². The number of hydrogen-bond donors (Lipinski definition) is 2. The Labute approximate surface area is 114 Å². The van der Waals surface area contributed by atoms with Gasteiger partial charge in [-0.2, -0.15) is 0 Å². The Balaban J connectivity index is 1.83. The van der Waals surface area contributed by atoms with E-state index in [0.717, 1.165) is 12.1 Å². The molecule has 0 aliphatic carbocycles. The van der Waals surface area contributed by atoms with Gasteiger partial charge in [0, 0.05) is 18.8 Å². The van der Waals surface area contributed by atoms with Crippen molar-refractivity contribution in [3.63, 3.8) is 0 Å². The lowest BCUT2D eigenvalue weighted by Crippen LogP contribution is -2.53. The van der Waals surface area contributed by atoms with Gasteiger partial charge in [-0.1, -0.05) is 26.0 Å². The summed E-state index contributed by atoms with van der Waals surface area (Å²) < 4.78 is 0. The van der Waals surface area contributed by atoms with Crippen LogP contribution in [0.25, 0.3) is 0 Å². The van der Waals surface area contributed by atoms with Crippen molar-refractivity contribution in [2.45, 2.75) is 32.3 Å². The number of nitrogens with zero attached hydrogens (tertiary/aromatic N) is 1. The van der Waals surface area contributed by atoms with Crippen LogP contribution >= 0.6 is 0 Å². The molecule has 1 heterocycles. The van der Waals surface area contributed by atoms with Crippen molar-refractivity contribution in [2.75, 3.05) is 25.0 Å². The first-order valence-corrected chi connectivity index (χ1v) is 6.88. The van der Waals surface area contributed by atoms with Crippen molar-refractivity contribution in [3.8, 4) is 0 Å². The highest BCUT2D eigenvalue weighted by molar-refractivity contribution is 5.92. The lowest BCUT2D eigenvalue weighted by molar-refractivity contribution is -0.119. The quantitative estimate of drug-likeness (QED) is 0.851. The number of aliphatic hydroxyl groups excluding tert-OH is 1. The number of β-amino-alcohol motifs (C(OH)–C–C–N with tert-alkyl or cyclic N) is 1.